The molecule has 3 rings (SSSR count). The van der Waals surface area contributed by atoms with Gasteiger partial charge < -0.3 is 4.90 Å². The molecule has 136 valence electrons. The predicted octanol–water partition coefficient (Wildman–Crippen LogP) is 2.29. The van der Waals surface area contributed by atoms with Crippen LogP contribution in [-0.4, -0.2) is 42.6 Å². The van der Waals surface area contributed by atoms with E-state index in [2.05, 4.69) is 15.4 Å². The smallest absolute Gasteiger partial charge is 0.336 e. The van der Waals surface area contributed by atoms with Crippen LogP contribution in [0.25, 0.3) is 5.69 Å². The number of carbonyl (C=O) groups excluding carboxylic acids is 1. The van der Waals surface area contributed by atoms with Crippen molar-refractivity contribution >= 4 is 5.91 Å². The lowest BCUT2D eigenvalue weighted by Gasteiger charge is -2.14. The Morgan fingerprint density at radius 3 is 2.62 bits per heavy atom. The number of benzene rings is 1. The zero-order chi connectivity index (χ0) is 18.9. The van der Waals surface area contributed by atoms with E-state index in [4.69, 9.17) is 0 Å². The molecule has 1 aromatic carbocycles. The first kappa shape index (κ1) is 17.6. The van der Waals surface area contributed by atoms with Crippen LogP contribution in [0.1, 0.15) is 21.6 Å². The molecule has 0 saturated heterocycles. The van der Waals surface area contributed by atoms with E-state index in [1.807, 2.05) is 0 Å². The molecule has 10 heteroatoms. The van der Waals surface area contributed by atoms with Crippen molar-refractivity contribution in [3.05, 3.63) is 59.7 Å². The fraction of sp³-hybridized carbons (Fsp3) is 0.250. The van der Waals surface area contributed by atoms with Gasteiger partial charge >= 0.3 is 6.18 Å². The van der Waals surface area contributed by atoms with Crippen molar-refractivity contribution in [2.75, 3.05) is 7.05 Å². The Labute approximate surface area is 146 Å². The van der Waals surface area contributed by atoms with Crippen molar-refractivity contribution in [3.63, 3.8) is 0 Å². The third kappa shape index (κ3) is 3.58. The normalized spacial score (nSPS) is 11.6. The van der Waals surface area contributed by atoms with Crippen LogP contribution >= 0.6 is 0 Å². The molecule has 1 amide bonds. The molecule has 0 aliphatic rings. The highest BCUT2D eigenvalue weighted by Gasteiger charge is 2.34. The zero-order valence-corrected chi connectivity index (χ0v) is 14.0. The molecule has 0 saturated carbocycles. The Balaban J connectivity index is 1.83. The molecule has 2 aromatic heterocycles. The van der Waals surface area contributed by atoms with Gasteiger partial charge in [-0.2, -0.15) is 18.3 Å². The van der Waals surface area contributed by atoms with Crippen molar-refractivity contribution in [1.82, 2.24) is 29.7 Å². The van der Waals surface area contributed by atoms with E-state index in [1.165, 1.54) is 29.3 Å². The predicted molar refractivity (Wildman–Crippen MR) is 85.4 cm³/mol. The van der Waals surface area contributed by atoms with Gasteiger partial charge in [-0.3, -0.25) is 9.48 Å². The summed E-state index contributed by atoms with van der Waals surface area (Å²) in [5, 5.41) is 11.4. The average Bonchev–Trinajstić information content (AvgIpc) is 3.22. The minimum Gasteiger partial charge on any atom is -0.336 e. The second-order valence-electron chi connectivity index (χ2n) is 5.75. The van der Waals surface area contributed by atoms with Gasteiger partial charge in [-0.05, 0) is 12.1 Å². The van der Waals surface area contributed by atoms with Gasteiger partial charge in [0.1, 0.15) is 0 Å². The van der Waals surface area contributed by atoms with E-state index >= 15 is 0 Å². The van der Waals surface area contributed by atoms with E-state index < -0.39 is 17.6 Å². The molecule has 0 bridgehead atoms. The molecule has 0 spiro atoms. The summed E-state index contributed by atoms with van der Waals surface area (Å²) in [5.74, 6) is -0.454. The highest BCUT2D eigenvalue weighted by Crippen LogP contribution is 2.33. The second kappa shape index (κ2) is 6.62. The molecule has 3 aromatic rings. The molecule has 0 atom stereocenters. The Hall–Kier alpha value is -3.17. The first-order valence-corrected chi connectivity index (χ1v) is 7.57. The van der Waals surface area contributed by atoms with E-state index in [0.717, 1.165) is 16.3 Å². The second-order valence-corrected chi connectivity index (χ2v) is 5.75. The molecule has 7 nitrogen and oxygen atoms in total. The number of hydrogen-bond acceptors (Lipinski definition) is 4. The van der Waals surface area contributed by atoms with Gasteiger partial charge in [-0.25, -0.2) is 4.68 Å². The van der Waals surface area contributed by atoms with Gasteiger partial charge in [0.2, 0.25) is 0 Å². The summed E-state index contributed by atoms with van der Waals surface area (Å²) < 4.78 is 41.9. The SMILES string of the molecule is CN(Cc1cnn(C)c1)C(=O)c1cn(-c2ccccc2C(F)(F)F)nn1. The van der Waals surface area contributed by atoms with Crippen LogP contribution in [0.3, 0.4) is 0 Å². The summed E-state index contributed by atoms with van der Waals surface area (Å²) in [5.41, 5.74) is -0.277. The van der Waals surface area contributed by atoms with Gasteiger partial charge in [0.15, 0.2) is 5.69 Å². The van der Waals surface area contributed by atoms with Crippen LogP contribution in [0.2, 0.25) is 0 Å². The highest BCUT2D eigenvalue weighted by molar-refractivity contribution is 5.91. The number of alkyl halides is 3. The molecule has 2 heterocycles. The maximum absolute atomic E-state index is 13.1. The Kier molecular flexibility index (Phi) is 4.49. The number of rotatable bonds is 4. The van der Waals surface area contributed by atoms with Crippen LogP contribution in [0.15, 0.2) is 42.9 Å². The number of aromatic nitrogens is 5. The van der Waals surface area contributed by atoms with E-state index in [1.54, 1.807) is 31.2 Å². The minimum absolute atomic E-state index is 0.0478. The monoisotopic (exact) mass is 364 g/mol. The lowest BCUT2D eigenvalue weighted by molar-refractivity contribution is -0.137. The number of aryl methyl sites for hydroxylation is 1. The van der Waals surface area contributed by atoms with Crippen molar-refractivity contribution in [3.8, 4) is 5.69 Å². The molecule has 0 fully saturated rings. The lowest BCUT2D eigenvalue weighted by atomic mass is 10.1. The molecule has 0 aliphatic carbocycles. The fourth-order valence-electron chi connectivity index (χ4n) is 2.49. The van der Waals surface area contributed by atoms with Crippen molar-refractivity contribution in [2.45, 2.75) is 12.7 Å². The molecule has 0 radical (unpaired) electrons. The lowest BCUT2D eigenvalue weighted by Crippen LogP contribution is -2.26. The molecule has 26 heavy (non-hydrogen) atoms. The summed E-state index contributed by atoms with van der Waals surface area (Å²) in [4.78, 5) is 13.8. The number of para-hydroxylation sites is 1. The molecular weight excluding hydrogens is 349 g/mol. The summed E-state index contributed by atoms with van der Waals surface area (Å²) in [6.45, 7) is 0.290. The Bertz CT molecular complexity index is 930. The van der Waals surface area contributed by atoms with Gasteiger partial charge in [0, 0.05) is 32.4 Å². The van der Waals surface area contributed by atoms with Crippen LogP contribution in [-0.2, 0) is 19.8 Å². The topological polar surface area (TPSA) is 68.8 Å². The van der Waals surface area contributed by atoms with E-state index in [-0.39, 0.29) is 11.4 Å². The fourth-order valence-corrected chi connectivity index (χ4v) is 2.49. The van der Waals surface area contributed by atoms with Crippen LogP contribution in [0.4, 0.5) is 13.2 Å². The number of hydrogen-bond donors (Lipinski definition) is 0. The highest BCUT2D eigenvalue weighted by atomic mass is 19.4. The van der Waals surface area contributed by atoms with E-state index in [0.29, 0.717) is 6.54 Å². The van der Waals surface area contributed by atoms with Crippen molar-refractivity contribution < 1.29 is 18.0 Å². The quantitative estimate of drug-likeness (QED) is 0.712. The van der Waals surface area contributed by atoms with Gasteiger partial charge in [-0.1, -0.05) is 17.3 Å². The van der Waals surface area contributed by atoms with Crippen LogP contribution < -0.4 is 0 Å². The molecular formula is C16H15F3N6O. The maximum Gasteiger partial charge on any atom is 0.418 e. The first-order valence-electron chi connectivity index (χ1n) is 7.57. The van der Waals surface area contributed by atoms with Gasteiger partial charge in [-0.15, -0.1) is 5.10 Å². The molecule has 0 unspecified atom stereocenters. The zero-order valence-electron chi connectivity index (χ0n) is 14.0. The number of nitrogens with zero attached hydrogens (tertiary/aromatic N) is 6. The third-order valence-electron chi connectivity index (χ3n) is 3.69. The summed E-state index contributed by atoms with van der Waals surface area (Å²) in [7, 11) is 3.33. The van der Waals surface area contributed by atoms with Crippen molar-refractivity contribution in [1.29, 1.82) is 0 Å². The number of carbonyl (C=O) groups is 1. The van der Waals surface area contributed by atoms with Crippen LogP contribution in [0.5, 0.6) is 0 Å². The molecule has 0 aliphatic heterocycles. The van der Waals surface area contributed by atoms with Crippen LogP contribution in [0, 0.1) is 0 Å². The summed E-state index contributed by atoms with van der Waals surface area (Å²) in [6.07, 6.45) is 0.0386. The van der Waals surface area contributed by atoms with E-state index in [9.17, 15) is 18.0 Å². The minimum atomic E-state index is -4.54. The number of halogens is 3. The number of amides is 1. The van der Waals surface area contributed by atoms with Crippen molar-refractivity contribution in [2.24, 2.45) is 7.05 Å². The third-order valence-corrected chi connectivity index (χ3v) is 3.69. The van der Waals surface area contributed by atoms with Gasteiger partial charge in [0.25, 0.3) is 5.91 Å². The average molecular weight is 364 g/mol. The standard InChI is InChI=1S/C16H15F3N6O/c1-23(8-11-7-20-24(2)9-11)15(26)13-10-25(22-21-13)14-6-4-3-5-12(14)16(17,18)19/h3-7,9-10H,8H2,1-2H3. The molecule has 0 N–H and O–H groups in total. The maximum atomic E-state index is 13.1. The van der Waals surface area contributed by atoms with Gasteiger partial charge in [0.05, 0.1) is 23.6 Å². The Morgan fingerprint density at radius 1 is 1.23 bits per heavy atom. The largest absolute Gasteiger partial charge is 0.418 e. The first-order chi connectivity index (χ1) is 12.3. The Morgan fingerprint density at radius 2 is 1.96 bits per heavy atom. The summed E-state index contributed by atoms with van der Waals surface area (Å²) in [6, 6.07) is 4.97. The summed E-state index contributed by atoms with van der Waals surface area (Å²) >= 11 is 0.